The second-order valence-electron chi connectivity index (χ2n) is 6.09. The van der Waals surface area contributed by atoms with E-state index in [0.29, 0.717) is 16.0 Å². The van der Waals surface area contributed by atoms with Gasteiger partial charge in [-0.15, -0.1) is 0 Å². The van der Waals surface area contributed by atoms with Crippen LogP contribution in [-0.2, 0) is 4.79 Å². The summed E-state index contributed by atoms with van der Waals surface area (Å²) in [5.41, 5.74) is 1.02. The number of hydrogen-bond donors (Lipinski definition) is 1. The minimum atomic E-state index is 0.0919. The molecule has 1 N–H and O–H groups in total. The van der Waals surface area contributed by atoms with E-state index in [2.05, 4.69) is 5.32 Å². The summed E-state index contributed by atoms with van der Waals surface area (Å²) in [6, 6.07) is 5.68. The highest BCUT2D eigenvalue weighted by atomic mass is 35.5. The SMILES string of the molecule is CNC[C@@H]1CCN(C(=O)[C@H]2C[C@@H]2c2cccc(Cl)c2Cl)C1. The summed E-state index contributed by atoms with van der Waals surface area (Å²) in [6.45, 7) is 2.75. The van der Waals surface area contributed by atoms with Gasteiger partial charge in [-0.3, -0.25) is 4.79 Å². The molecule has 2 fully saturated rings. The normalized spacial score (nSPS) is 28.0. The minimum Gasteiger partial charge on any atom is -0.342 e. The molecule has 21 heavy (non-hydrogen) atoms. The van der Waals surface area contributed by atoms with Gasteiger partial charge in [0, 0.05) is 19.0 Å². The highest BCUT2D eigenvalue weighted by Gasteiger charge is 2.47. The topological polar surface area (TPSA) is 32.3 Å². The van der Waals surface area contributed by atoms with Gasteiger partial charge in [0.25, 0.3) is 0 Å². The summed E-state index contributed by atoms with van der Waals surface area (Å²) < 4.78 is 0. The van der Waals surface area contributed by atoms with Crippen LogP contribution in [0.25, 0.3) is 0 Å². The lowest BCUT2D eigenvalue weighted by Crippen LogP contribution is -2.31. The molecule has 3 nitrogen and oxygen atoms in total. The van der Waals surface area contributed by atoms with Gasteiger partial charge in [0.1, 0.15) is 0 Å². The van der Waals surface area contributed by atoms with Crippen LogP contribution in [0.4, 0.5) is 0 Å². The molecule has 0 bridgehead atoms. The van der Waals surface area contributed by atoms with Gasteiger partial charge in [-0.2, -0.15) is 0 Å². The van der Waals surface area contributed by atoms with E-state index >= 15 is 0 Å². The molecule has 1 heterocycles. The number of carbonyl (C=O) groups excluding carboxylic acids is 1. The Morgan fingerprint density at radius 1 is 1.43 bits per heavy atom. The summed E-state index contributed by atoms with van der Waals surface area (Å²) in [5, 5.41) is 4.37. The summed E-state index contributed by atoms with van der Waals surface area (Å²) in [4.78, 5) is 14.6. The Bertz CT molecular complexity index is 549. The van der Waals surface area contributed by atoms with Crippen LogP contribution in [0.5, 0.6) is 0 Å². The van der Waals surface area contributed by atoms with Gasteiger partial charge in [-0.25, -0.2) is 0 Å². The van der Waals surface area contributed by atoms with Gasteiger partial charge >= 0.3 is 0 Å². The molecule has 1 aromatic carbocycles. The Labute approximate surface area is 135 Å². The van der Waals surface area contributed by atoms with Gasteiger partial charge in [-0.1, -0.05) is 35.3 Å². The van der Waals surface area contributed by atoms with E-state index in [1.165, 1.54) is 0 Å². The highest BCUT2D eigenvalue weighted by molar-refractivity contribution is 6.42. The van der Waals surface area contributed by atoms with Crippen molar-refractivity contribution >= 4 is 29.1 Å². The molecule has 0 aromatic heterocycles. The smallest absolute Gasteiger partial charge is 0.226 e. The van der Waals surface area contributed by atoms with E-state index in [9.17, 15) is 4.79 Å². The van der Waals surface area contributed by atoms with Gasteiger partial charge in [0.2, 0.25) is 5.91 Å². The predicted molar refractivity (Wildman–Crippen MR) is 85.9 cm³/mol. The molecule has 3 atom stereocenters. The van der Waals surface area contributed by atoms with Crippen molar-refractivity contribution in [3.8, 4) is 0 Å². The number of amides is 1. The number of nitrogens with one attached hydrogen (secondary N) is 1. The van der Waals surface area contributed by atoms with Crippen molar-refractivity contribution in [3.05, 3.63) is 33.8 Å². The molecular formula is C16H20Cl2N2O. The molecule has 1 saturated heterocycles. The van der Waals surface area contributed by atoms with E-state index < -0.39 is 0 Å². The molecule has 1 aromatic rings. The third-order valence-corrected chi connectivity index (χ3v) is 5.41. The minimum absolute atomic E-state index is 0.0919. The lowest BCUT2D eigenvalue weighted by atomic mass is 10.1. The van der Waals surface area contributed by atoms with Crippen molar-refractivity contribution in [1.29, 1.82) is 0 Å². The number of nitrogens with zero attached hydrogens (tertiary/aromatic N) is 1. The number of likely N-dealkylation sites (tertiary alicyclic amines) is 1. The lowest BCUT2D eigenvalue weighted by molar-refractivity contribution is -0.131. The van der Waals surface area contributed by atoms with E-state index in [-0.39, 0.29) is 17.7 Å². The number of benzene rings is 1. The van der Waals surface area contributed by atoms with Crippen molar-refractivity contribution in [2.45, 2.75) is 18.8 Å². The van der Waals surface area contributed by atoms with E-state index in [1.54, 1.807) is 6.07 Å². The standard InChI is InChI=1S/C16H20Cl2N2O/c1-19-8-10-5-6-20(9-10)16(21)13-7-12(13)11-3-2-4-14(17)15(11)18/h2-4,10,12-13,19H,5-9H2,1H3/t10-,12+,13-/m0/s1. The molecule has 5 heteroatoms. The Morgan fingerprint density at radius 2 is 2.24 bits per heavy atom. The van der Waals surface area contributed by atoms with Gasteiger partial charge in [-0.05, 0) is 49.9 Å². The molecule has 0 unspecified atom stereocenters. The molecular weight excluding hydrogens is 307 g/mol. The zero-order valence-electron chi connectivity index (χ0n) is 12.1. The summed E-state index contributed by atoms with van der Waals surface area (Å²) in [7, 11) is 1.96. The largest absolute Gasteiger partial charge is 0.342 e. The van der Waals surface area contributed by atoms with Crippen molar-refractivity contribution in [1.82, 2.24) is 10.2 Å². The fourth-order valence-corrected chi connectivity index (χ4v) is 3.79. The van der Waals surface area contributed by atoms with E-state index in [4.69, 9.17) is 23.2 Å². The third-order valence-electron chi connectivity index (χ3n) is 4.58. The first kappa shape index (κ1) is 15.1. The first-order valence-corrected chi connectivity index (χ1v) is 8.24. The van der Waals surface area contributed by atoms with Gasteiger partial charge in [0.15, 0.2) is 0 Å². The molecule has 1 saturated carbocycles. The summed E-state index contributed by atoms with van der Waals surface area (Å²) in [6.07, 6.45) is 1.99. The maximum atomic E-state index is 12.6. The van der Waals surface area contributed by atoms with E-state index in [0.717, 1.165) is 38.0 Å². The fraction of sp³-hybridized carbons (Fsp3) is 0.562. The van der Waals surface area contributed by atoms with Crippen molar-refractivity contribution in [3.63, 3.8) is 0 Å². The van der Waals surface area contributed by atoms with Crippen LogP contribution >= 0.6 is 23.2 Å². The number of carbonyl (C=O) groups is 1. The van der Waals surface area contributed by atoms with Crippen LogP contribution in [0.15, 0.2) is 18.2 Å². The molecule has 1 amide bonds. The summed E-state index contributed by atoms with van der Waals surface area (Å²) >= 11 is 12.3. The molecule has 3 rings (SSSR count). The summed E-state index contributed by atoms with van der Waals surface area (Å²) in [5.74, 6) is 1.21. The number of halogens is 2. The van der Waals surface area contributed by atoms with Crippen LogP contribution in [0.3, 0.4) is 0 Å². The Morgan fingerprint density at radius 3 is 3.00 bits per heavy atom. The van der Waals surface area contributed by atoms with Gasteiger partial charge < -0.3 is 10.2 Å². The molecule has 0 radical (unpaired) electrons. The third kappa shape index (κ3) is 3.05. The van der Waals surface area contributed by atoms with Crippen LogP contribution in [0.1, 0.15) is 24.3 Å². The zero-order chi connectivity index (χ0) is 15.0. The number of rotatable bonds is 4. The van der Waals surface area contributed by atoms with Crippen LogP contribution < -0.4 is 5.32 Å². The second kappa shape index (κ2) is 6.15. The Balaban J connectivity index is 1.63. The van der Waals surface area contributed by atoms with Gasteiger partial charge in [0.05, 0.1) is 10.0 Å². The maximum absolute atomic E-state index is 12.6. The Kier molecular flexibility index (Phi) is 4.43. The molecule has 1 aliphatic heterocycles. The predicted octanol–water partition coefficient (Wildman–Crippen LogP) is 3.16. The Hall–Kier alpha value is -0.770. The zero-order valence-corrected chi connectivity index (χ0v) is 13.6. The molecule has 1 aliphatic carbocycles. The lowest BCUT2D eigenvalue weighted by Gasteiger charge is -2.17. The van der Waals surface area contributed by atoms with Crippen LogP contribution in [-0.4, -0.2) is 37.5 Å². The molecule has 0 spiro atoms. The highest BCUT2D eigenvalue weighted by Crippen LogP contribution is 2.51. The van der Waals surface area contributed by atoms with Crippen LogP contribution in [0.2, 0.25) is 10.0 Å². The van der Waals surface area contributed by atoms with Crippen LogP contribution in [0, 0.1) is 11.8 Å². The molecule has 114 valence electrons. The van der Waals surface area contributed by atoms with Crippen molar-refractivity contribution in [2.75, 3.05) is 26.7 Å². The fourth-order valence-electron chi connectivity index (χ4n) is 3.34. The monoisotopic (exact) mass is 326 g/mol. The van der Waals surface area contributed by atoms with E-state index in [1.807, 2.05) is 24.1 Å². The first-order valence-electron chi connectivity index (χ1n) is 7.49. The maximum Gasteiger partial charge on any atom is 0.226 e. The van der Waals surface area contributed by atoms with Crippen molar-refractivity contribution < 1.29 is 4.79 Å². The average Bonchev–Trinajstić information content (AvgIpc) is 3.12. The number of hydrogen-bond acceptors (Lipinski definition) is 2. The quantitative estimate of drug-likeness (QED) is 0.921. The molecule has 2 aliphatic rings. The first-order chi connectivity index (χ1) is 10.1. The van der Waals surface area contributed by atoms with Crippen molar-refractivity contribution in [2.24, 2.45) is 11.8 Å². The average molecular weight is 327 g/mol. The second-order valence-corrected chi connectivity index (χ2v) is 6.87.